The molecule has 90 valence electrons. The average molecular weight is 240 g/mol. The first kappa shape index (κ1) is 12.6. The van der Waals surface area contributed by atoms with Gasteiger partial charge in [-0.25, -0.2) is 0 Å². The van der Waals surface area contributed by atoms with Crippen molar-refractivity contribution in [1.29, 1.82) is 0 Å². The predicted molar refractivity (Wildman–Crippen MR) is 55.7 cm³/mol. The third kappa shape index (κ3) is 2.74. The van der Waals surface area contributed by atoms with Crippen molar-refractivity contribution >= 4 is 17.3 Å². The molecule has 0 bridgehead atoms. The predicted octanol–water partition coefficient (Wildman–Crippen LogP) is 1.82. The summed E-state index contributed by atoms with van der Waals surface area (Å²) in [6, 6.07) is 3.32. The number of ether oxygens (including phenoxy) is 1. The lowest BCUT2D eigenvalue weighted by molar-refractivity contribution is -0.423. The second kappa shape index (κ2) is 5.01. The maximum atomic E-state index is 11.0. The van der Waals surface area contributed by atoms with Crippen molar-refractivity contribution in [3.63, 3.8) is 0 Å². The highest BCUT2D eigenvalue weighted by Crippen LogP contribution is 2.36. The molecule has 8 heteroatoms. The molecule has 0 aliphatic carbocycles. The van der Waals surface area contributed by atoms with Crippen molar-refractivity contribution in [3.8, 4) is 5.75 Å². The van der Waals surface area contributed by atoms with E-state index in [1.165, 1.54) is 13.0 Å². The molecule has 0 atom stereocenters. The Morgan fingerprint density at radius 3 is 2.41 bits per heavy atom. The van der Waals surface area contributed by atoms with Gasteiger partial charge in [-0.15, -0.1) is 0 Å². The first-order valence-corrected chi connectivity index (χ1v) is 4.59. The molecule has 0 amide bonds. The van der Waals surface area contributed by atoms with Crippen LogP contribution in [-0.4, -0.2) is 15.8 Å². The fraction of sp³-hybridized carbons (Fsp3) is 0.222. The van der Waals surface area contributed by atoms with Gasteiger partial charge in [0.05, 0.1) is 9.85 Å². The van der Waals surface area contributed by atoms with E-state index in [1.54, 1.807) is 0 Å². The van der Waals surface area contributed by atoms with E-state index in [2.05, 4.69) is 4.74 Å². The maximum Gasteiger partial charge on any atom is 0.388 e. The zero-order chi connectivity index (χ0) is 13.0. The lowest BCUT2D eigenvalue weighted by atomic mass is 10.2. The quantitative estimate of drug-likeness (QED) is 0.343. The van der Waals surface area contributed by atoms with Crippen LogP contribution in [0, 0.1) is 20.2 Å². The SMILES string of the molecule is CCC(=O)Oc1cccc([N+](=O)[O-])c1[N+](=O)[O-]. The highest BCUT2D eigenvalue weighted by Gasteiger charge is 2.30. The van der Waals surface area contributed by atoms with Crippen molar-refractivity contribution in [1.82, 2.24) is 0 Å². The van der Waals surface area contributed by atoms with E-state index in [1.807, 2.05) is 0 Å². The largest absolute Gasteiger partial charge is 0.419 e. The average Bonchev–Trinajstić information content (AvgIpc) is 2.28. The van der Waals surface area contributed by atoms with Gasteiger partial charge >= 0.3 is 17.3 Å². The second-order valence-corrected chi connectivity index (χ2v) is 2.97. The Hall–Kier alpha value is -2.51. The normalized spacial score (nSPS) is 9.71. The zero-order valence-corrected chi connectivity index (χ0v) is 8.78. The van der Waals surface area contributed by atoms with E-state index in [4.69, 9.17) is 0 Å². The Bertz CT molecular complexity index is 484. The molecule has 1 aromatic rings. The molecule has 0 spiro atoms. The Morgan fingerprint density at radius 1 is 1.29 bits per heavy atom. The van der Waals surface area contributed by atoms with Crippen molar-refractivity contribution in [2.45, 2.75) is 13.3 Å². The Morgan fingerprint density at radius 2 is 1.94 bits per heavy atom. The summed E-state index contributed by atoms with van der Waals surface area (Å²) < 4.78 is 4.66. The van der Waals surface area contributed by atoms with E-state index < -0.39 is 32.9 Å². The molecule has 0 aliphatic rings. The standard InChI is InChI=1S/C9H8N2O6/c1-2-8(12)17-7-5-3-4-6(10(13)14)9(7)11(15)16/h3-5H,2H2,1H3. The van der Waals surface area contributed by atoms with E-state index in [-0.39, 0.29) is 6.42 Å². The fourth-order valence-corrected chi connectivity index (χ4v) is 1.12. The minimum atomic E-state index is -0.948. The van der Waals surface area contributed by atoms with Crippen LogP contribution in [0.15, 0.2) is 18.2 Å². The van der Waals surface area contributed by atoms with Gasteiger partial charge in [0.1, 0.15) is 0 Å². The third-order valence-corrected chi connectivity index (χ3v) is 1.87. The summed E-state index contributed by atoms with van der Waals surface area (Å²) in [5.74, 6) is -1.12. The van der Waals surface area contributed by atoms with E-state index in [9.17, 15) is 25.0 Å². The minimum Gasteiger partial charge on any atom is -0.419 e. The number of hydrogen-bond acceptors (Lipinski definition) is 6. The van der Waals surface area contributed by atoms with Crippen LogP contribution in [0.2, 0.25) is 0 Å². The maximum absolute atomic E-state index is 11.0. The molecule has 0 saturated carbocycles. The summed E-state index contributed by atoms with van der Waals surface area (Å²) in [4.78, 5) is 30.5. The molecule has 1 aromatic carbocycles. The van der Waals surface area contributed by atoms with Crippen LogP contribution in [0.4, 0.5) is 11.4 Å². The molecule has 0 aromatic heterocycles. The summed E-state index contributed by atoms with van der Waals surface area (Å²) in [6.07, 6.45) is 0.0137. The van der Waals surface area contributed by atoms with Gasteiger partial charge in [0.25, 0.3) is 0 Å². The van der Waals surface area contributed by atoms with Crippen LogP contribution in [0.25, 0.3) is 0 Å². The summed E-state index contributed by atoms with van der Waals surface area (Å²) in [5.41, 5.74) is -1.53. The first-order valence-electron chi connectivity index (χ1n) is 4.59. The van der Waals surface area contributed by atoms with Crippen molar-refractivity contribution in [2.24, 2.45) is 0 Å². The van der Waals surface area contributed by atoms with Gasteiger partial charge in [0.15, 0.2) is 0 Å². The molecule has 0 unspecified atom stereocenters. The summed E-state index contributed by atoms with van der Waals surface area (Å²) in [7, 11) is 0. The highest BCUT2D eigenvalue weighted by molar-refractivity contribution is 5.75. The lowest BCUT2D eigenvalue weighted by Gasteiger charge is -2.03. The van der Waals surface area contributed by atoms with Crippen LogP contribution >= 0.6 is 0 Å². The molecule has 0 saturated heterocycles. The van der Waals surface area contributed by atoms with Gasteiger partial charge in [-0.05, 0) is 6.07 Å². The summed E-state index contributed by atoms with van der Waals surface area (Å²) in [6.45, 7) is 1.51. The second-order valence-electron chi connectivity index (χ2n) is 2.97. The number of rotatable bonds is 4. The smallest absolute Gasteiger partial charge is 0.388 e. The van der Waals surface area contributed by atoms with Crippen LogP contribution < -0.4 is 4.74 Å². The number of benzene rings is 1. The first-order chi connectivity index (χ1) is 7.97. The number of hydrogen-bond donors (Lipinski definition) is 0. The van der Waals surface area contributed by atoms with Gasteiger partial charge in [-0.3, -0.25) is 25.0 Å². The Labute approximate surface area is 95.1 Å². The monoisotopic (exact) mass is 240 g/mol. The van der Waals surface area contributed by atoms with Crippen LogP contribution in [0.5, 0.6) is 5.75 Å². The molecule has 0 heterocycles. The van der Waals surface area contributed by atoms with Crippen LogP contribution in [-0.2, 0) is 4.79 Å². The van der Waals surface area contributed by atoms with Gasteiger partial charge in [-0.1, -0.05) is 13.0 Å². The van der Waals surface area contributed by atoms with Crippen molar-refractivity contribution in [2.75, 3.05) is 0 Å². The molecule has 0 fully saturated rings. The number of nitrogens with zero attached hydrogens (tertiary/aromatic N) is 2. The van der Waals surface area contributed by atoms with Crippen molar-refractivity contribution < 1.29 is 19.4 Å². The zero-order valence-electron chi connectivity index (χ0n) is 8.78. The highest BCUT2D eigenvalue weighted by atomic mass is 16.6. The van der Waals surface area contributed by atoms with E-state index >= 15 is 0 Å². The minimum absolute atomic E-state index is 0.0137. The summed E-state index contributed by atoms with van der Waals surface area (Å²) >= 11 is 0. The van der Waals surface area contributed by atoms with Gasteiger partial charge in [0, 0.05) is 12.5 Å². The van der Waals surface area contributed by atoms with Gasteiger partial charge < -0.3 is 4.74 Å². The molecule has 17 heavy (non-hydrogen) atoms. The van der Waals surface area contributed by atoms with E-state index in [0.717, 1.165) is 12.1 Å². The molecule has 0 radical (unpaired) electrons. The number of nitro groups is 2. The van der Waals surface area contributed by atoms with Crippen LogP contribution in [0.3, 0.4) is 0 Å². The van der Waals surface area contributed by atoms with E-state index in [0.29, 0.717) is 0 Å². The Balaban J connectivity index is 3.30. The number of carbonyl (C=O) groups is 1. The topological polar surface area (TPSA) is 113 Å². The molecular weight excluding hydrogens is 232 g/mol. The Kier molecular flexibility index (Phi) is 3.70. The van der Waals surface area contributed by atoms with Crippen molar-refractivity contribution in [3.05, 3.63) is 38.4 Å². The number of carbonyl (C=O) groups excluding carboxylic acids is 1. The van der Waals surface area contributed by atoms with Crippen LogP contribution in [0.1, 0.15) is 13.3 Å². The molecule has 8 nitrogen and oxygen atoms in total. The lowest BCUT2D eigenvalue weighted by Crippen LogP contribution is -2.08. The third-order valence-electron chi connectivity index (χ3n) is 1.87. The molecule has 0 aliphatic heterocycles. The number of nitro benzene ring substituents is 2. The summed E-state index contributed by atoms with van der Waals surface area (Å²) in [5, 5.41) is 21.3. The van der Waals surface area contributed by atoms with Gasteiger partial charge in [-0.2, -0.15) is 0 Å². The number of para-hydroxylation sites is 1. The van der Waals surface area contributed by atoms with Gasteiger partial charge in [0.2, 0.25) is 5.75 Å². The molecule has 1 rings (SSSR count). The molecule has 0 N–H and O–H groups in total. The fourth-order valence-electron chi connectivity index (χ4n) is 1.12. The number of esters is 1. The molecular formula is C9H8N2O6.